The first-order valence-corrected chi connectivity index (χ1v) is 11.8. The van der Waals surface area contributed by atoms with E-state index in [1.165, 1.54) is 12.1 Å². The number of nitrogens with zero attached hydrogens (tertiary/aromatic N) is 3. The zero-order valence-electron chi connectivity index (χ0n) is 21.0. The van der Waals surface area contributed by atoms with Gasteiger partial charge in [-0.25, -0.2) is 4.68 Å². The van der Waals surface area contributed by atoms with Crippen LogP contribution in [0.3, 0.4) is 0 Å². The second-order valence-corrected chi connectivity index (χ2v) is 9.26. The standard InChI is InChI=1S/C30H27N3O3/c1-17-18(2)21(5)32(20(17)4)31-19(3)27-15-24(33(35)36)16-28(30(27)34)29-25-12-8-6-10-22(25)14-23-11-7-9-13-26(23)29/h6-16,34H,1-5H3/b31-19+. The predicted octanol–water partition coefficient (Wildman–Crippen LogP) is 7.58. The van der Waals surface area contributed by atoms with Gasteiger partial charge in [0.05, 0.1) is 10.6 Å². The highest BCUT2D eigenvalue weighted by Gasteiger charge is 2.22. The first kappa shape index (κ1) is 23.3. The summed E-state index contributed by atoms with van der Waals surface area (Å²) < 4.78 is 1.84. The van der Waals surface area contributed by atoms with Crippen molar-refractivity contribution < 1.29 is 10.0 Å². The number of nitro benzene ring substituents is 1. The first-order chi connectivity index (χ1) is 17.2. The molecule has 0 aliphatic carbocycles. The Labute approximate surface area is 209 Å². The van der Waals surface area contributed by atoms with Crippen molar-refractivity contribution in [3.8, 4) is 16.9 Å². The average Bonchev–Trinajstić information content (AvgIpc) is 3.05. The van der Waals surface area contributed by atoms with Crippen LogP contribution in [0.25, 0.3) is 32.7 Å². The molecule has 1 heterocycles. The van der Waals surface area contributed by atoms with Gasteiger partial charge in [0.15, 0.2) is 0 Å². The number of phenols is 1. The fourth-order valence-electron chi connectivity index (χ4n) is 4.96. The van der Waals surface area contributed by atoms with E-state index in [1.807, 2.05) is 80.9 Å². The number of rotatable bonds is 4. The second-order valence-electron chi connectivity index (χ2n) is 9.26. The third-order valence-electron chi connectivity index (χ3n) is 7.27. The molecule has 1 aromatic heterocycles. The zero-order chi connectivity index (χ0) is 25.7. The van der Waals surface area contributed by atoms with Gasteiger partial charge in [0.2, 0.25) is 0 Å². The van der Waals surface area contributed by atoms with Crippen LogP contribution in [0.1, 0.15) is 35.0 Å². The number of hydrogen-bond donors (Lipinski definition) is 1. The molecule has 5 aromatic rings. The number of nitro groups is 1. The van der Waals surface area contributed by atoms with Gasteiger partial charge in [0, 0.05) is 40.2 Å². The SMILES string of the molecule is C/C(=N\n1c(C)c(C)c(C)c1C)c1cc([N+](=O)[O-])cc(-c2c3ccccc3cc3ccccc23)c1O. The molecular weight excluding hydrogens is 450 g/mol. The molecule has 180 valence electrons. The van der Waals surface area contributed by atoms with Crippen LogP contribution in [0.2, 0.25) is 0 Å². The Morgan fingerprint density at radius 3 is 1.92 bits per heavy atom. The van der Waals surface area contributed by atoms with Gasteiger partial charge in [-0.15, -0.1) is 0 Å². The molecule has 0 atom stereocenters. The lowest BCUT2D eigenvalue weighted by Crippen LogP contribution is -2.05. The largest absolute Gasteiger partial charge is 0.507 e. The summed E-state index contributed by atoms with van der Waals surface area (Å²) in [4.78, 5) is 11.6. The normalized spacial score (nSPS) is 12.0. The summed E-state index contributed by atoms with van der Waals surface area (Å²) in [7, 11) is 0. The van der Waals surface area contributed by atoms with Crippen LogP contribution in [-0.2, 0) is 0 Å². The van der Waals surface area contributed by atoms with E-state index < -0.39 is 4.92 Å². The fourth-order valence-corrected chi connectivity index (χ4v) is 4.96. The maximum atomic E-state index is 12.0. The molecule has 0 aliphatic heterocycles. The molecule has 0 amide bonds. The second kappa shape index (κ2) is 8.64. The summed E-state index contributed by atoms with van der Waals surface area (Å²) in [5.41, 5.74) is 6.18. The molecular formula is C30H27N3O3. The van der Waals surface area contributed by atoms with E-state index in [0.717, 1.165) is 49.6 Å². The third kappa shape index (κ3) is 3.62. The molecule has 4 aromatic carbocycles. The minimum Gasteiger partial charge on any atom is -0.507 e. The summed E-state index contributed by atoms with van der Waals surface area (Å²) in [5, 5.41) is 32.2. The Morgan fingerprint density at radius 2 is 1.39 bits per heavy atom. The Morgan fingerprint density at radius 1 is 0.861 bits per heavy atom. The van der Waals surface area contributed by atoms with Crippen molar-refractivity contribution >= 4 is 32.9 Å². The molecule has 0 spiro atoms. The summed E-state index contributed by atoms with van der Waals surface area (Å²) in [6.45, 7) is 9.86. The Hall–Kier alpha value is -4.45. The molecule has 0 fully saturated rings. The monoisotopic (exact) mass is 477 g/mol. The molecule has 0 saturated heterocycles. The number of aromatic hydroxyl groups is 1. The van der Waals surface area contributed by atoms with Gasteiger partial charge in [-0.3, -0.25) is 10.1 Å². The molecule has 0 unspecified atom stereocenters. The minimum atomic E-state index is -0.423. The lowest BCUT2D eigenvalue weighted by Gasteiger charge is -2.16. The number of benzene rings is 4. The first-order valence-electron chi connectivity index (χ1n) is 11.8. The smallest absolute Gasteiger partial charge is 0.270 e. The number of fused-ring (bicyclic) bond motifs is 2. The maximum absolute atomic E-state index is 12.0. The summed E-state index contributed by atoms with van der Waals surface area (Å²) in [6.07, 6.45) is 0. The van der Waals surface area contributed by atoms with Gasteiger partial charge in [-0.2, -0.15) is 5.10 Å². The van der Waals surface area contributed by atoms with Crippen molar-refractivity contribution in [2.75, 3.05) is 0 Å². The highest BCUT2D eigenvalue weighted by molar-refractivity contribution is 6.15. The van der Waals surface area contributed by atoms with Crippen LogP contribution in [0, 0.1) is 37.8 Å². The molecule has 0 saturated carbocycles. The number of aromatic nitrogens is 1. The van der Waals surface area contributed by atoms with Crippen molar-refractivity contribution in [3.05, 3.63) is 105 Å². The van der Waals surface area contributed by atoms with Gasteiger partial charge >= 0.3 is 0 Å². The van der Waals surface area contributed by atoms with Crippen LogP contribution in [0.4, 0.5) is 5.69 Å². The Kier molecular flexibility index (Phi) is 5.59. The highest BCUT2D eigenvalue weighted by atomic mass is 16.6. The zero-order valence-corrected chi connectivity index (χ0v) is 21.0. The highest BCUT2D eigenvalue weighted by Crippen LogP contribution is 2.43. The van der Waals surface area contributed by atoms with E-state index in [9.17, 15) is 15.2 Å². The lowest BCUT2D eigenvalue weighted by molar-refractivity contribution is -0.384. The summed E-state index contributed by atoms with van der Waals surface area (Å²) in [6, 6.07) is 20.7. The topological polar surface area (TPSA) is 80.7 Å². The molecule has 6 nitrogen and oxygen atoms in total. The summed E-state index contributed by atoms with van der Waals surface area (Å²) >= 11 is 0. The Bertz CT molecular complexity index is 1650. The maximum Gasteiger partial charge on any atom is 0.270 e. The van der Waals surface area contributed by atoms with Crippen LogP contribution >= 0.6 is 0 Å². The van der Waals surface area contributed by atoms with E-state index in [1.54, 1.807) is 6.92 Å². The van der Waals surface area contributed by atoms with Crippen molar-refractivity contribution in [1.29, 1.82) is 0 Å². The Balaban J connectivity index is 1.85. The molecule has 5 rings (SSSR count). The number of phenolic OH excluding ortho intramolecular Hbond substituents is 1. The van der Waals surface area contributed by atoms with E-state index in [2.05, 4.69) is 6.07 Å². The molecule has 6 heteroatoms. The average molecular weight is 478 g/mol. The van der Waals surface area contributed by atoms with Crippen LogP contribution < -0.4 is 0 Å². The lowest BCUT2D eigenvalue weighted by atomic mass is 9.90. The molecule has 0 bridgehead atoms. The van der Waals surface area contributed by atoms with Crippen molar-refractivity contribution in [1.82, 2.24) is 4.68 Å². The van der Waals surface area contributed by atoms with Crippen molar-refractivity contribution in [3.63, 3.8) is 0 Å². The fraction of sp³-hybridized carbons (Fsp3) is 0.167. The van der Waals surface area contributed by atoms with Crippen molar-refractivity contribution in [2.45, 2.75) is 34.6 Å². The molecule has 1 N–H and O–H groups in total. The van der Waals surface area contributed by atoms with Gasteiger partial charge < -0.3 is 5.11 Å². The predicted molar refractivity (Wildman–Crippen MR) is 146 cm³/mol. The molecule has 0 radical (unpaired) electrons. The molecule has 0 aliphatic rings. The van der Waals surface area contributed by atoms with Crippen molar-refractivity contribution in [2.24, 2.45) is 5.10 Å². The number of hydrogen-bond acceptors (Lipinski definition) is 4. The quantitative estimate of drug-likeness (QED) is 0.125. The third-order valence-corrected chi connectivity index (χ3v) is 7.27. The van der Waals surface area contributed by atoms with E-state index in [0.29, 0.717) is 16.8 Å². The van der Waals surface area contributed by atoms with Gasteiger partial charge in [-0.05, 0) is 73.4 Å². The minimum absolute atomic E-state index is 0.0285. The van der Waals surface area contributed by atoms with Gasteiger partial charge in [-0.1, -0.05) is 48.5 Å². The van der Waals surface area contributed by atoms with Gasteiger partial charge in [0.25, 0.3) is 5.69 Å². The van der Waals surface area contributed by atoms with E-state index >= 15 is 0 Å². The van der Waals surface area contributed by atoms with Gasteiger partial charge in [0.1, 0.15) is 5.75 Å². The van der Waals surface area contributed by atoms with Crippen LogP contribution in [0.5, 0.6) is 5.75 Å². The molecule has 36 heavy (non-hydrogen) atoms. The van der Waals surface area contributed by atoms with Crippen LogP contribution in [-0.4, -0.2) is 20.4 Å². The van der Waals surface area contributed by atoms with E-state index in [4.69, 9.17) is 5.10 Å². The van der Waals surface area contributed by atoms with E-state index in [-0.39, 0.29) is 11.4 Å². The summed E-state index contributed by atoms with van der Waals surface area (Å²) in [5.74, 6) is -0.0285. The van der Waals surface area contributed by atoms with Crippen LogP contribution in [0.15, 0.2) is 71.8 Å². The number of non-ortho nitro benzene ring substituents is 1.